The van der Waals surface area contributed by atoms with E-state index in [1.807, 2.05) is 25.5 Å². The maximum atomic E-state index is 10.4. The zero-order valence-corrected chi connectivity index (χ0v) is 9.88. The van der Waals surface area contributed by atoms with E-state index in [1.165, 1.54) is 0 Å². The molecule has 0 bridgehead atoms. The molecule has 0 radical (unpaired) electrons. The molecular formula is C10H15ClN2O2. The Balaban J connectivity index is 2.91. The molecule has 4 nitrogen and oxygen atoms in total. The highest BCUT2D eigenvalue weighted by molar-refractivity contribution is 6.30. The van der Waals surface area contributed by atoms with Crippen LogP contribution in [0.25, 0.3) is 0 Å². The first-order valence-electron chi connectivity index (χ1n) is 4.86. The molecule has 0 aliphatic carbocycles. The number of carbonyl (C=O) groups is 1. The number of aryl methyl sites for hydroxylation is 1. The van der Waals surface area contributed by atoms with E-state index in [9.17, 15) is 4.79 Å². The Bertz CT molecular complexity index is 372. The maximum absolute atomic E-state index is 10.4. The molecule has 15 heavy (non-hydrogen) atoms. The fraction of sp³-hybridized carbons (Fsp3) is 0.600. The lowest BCUT2D eigenvalue weighted by atomic mass is 10.1. The highest BCUT2D eigenvalue weighted by Crippen LogP contribution is 2.24. The molecule has 0 saturated carbocycles. The smallest absolute Gasteiger partial charge is 0.303 e. The molecular weight excluding hydrogens is 216 g/mol. The van der Waals surface area contributed by atoms with E-state index < -0.39 is 5.97 Å². The number of aliphatic carboxylic acids is 1. The van der Waals surface area contributed by atoms with Gasteiger partial charge in [0.1, 0.15) is 5.82 Å². The second kappa shape index (κ2) is 4.66. The Morgan fingerprint density at radius 1 is 1.60 bits per heavy atom. The van der Waals surface area contributed by atoms with Crippen LogP contribution >= 0.6 is 11.6 Å². The Morgan fingerprint density at radius 2 is 2.20 bits per heavy atom. The third-order valence-electron chi connectivity index (χ3n) is 2.30. The van der Waals surface area contributed by atoms with Crippen LogP contribution in [0.4, 0.5) is 0 Å². The summed E-state index contributed by atoms with van der Waals surface area (Å²) >= 11 is 5.98. The summed E-state index contributed by atoms with van der Waals surface area (Å²) in [5.41, 5.74) is 0.956. The first-order chi connectivity index (χ1) is 6.93. The fourth-order valence-corrected chi connectivity index (χ4v) is 2.03. The third-order valence-corrected chi connectivity index (χ3v) is 2.57. The lowest BCUT2D eigenvalue weighted by Gasteiger charge is -2.08. The predicted octanol–water partition coefficient (Wildman–Crippen LogP) is 2.21. The number of hydrogen-bond donors (Lipinski definition) is 1. The van der Waals surface area contributed by atoms with Gasteiger partial charge in [-0.05, 0) is 5.92 Å². The number of halogens is 1. The number of hydrogen-bond acceptors (Lipinski definition) is 2. The first kappa shape index (κ1) is 12.0. The minimum absolute atomic E-state index is 0.0821. The molecule has 1 heterocycles. The summed E-state index contributed by atoms with van der Waals surface area (Å²) in [5, 5.41) is 9.06. The summed E-state index contributed by atoms with van der Waals surface area (Å²) < 4.78 is 1.88. The van der Waals surface area contributed by atoms with Crippen molar-refractivity contribution in [3.8, 4) is 0 Å². The van der Waals surface area contributed by atoms with Crippen molar-refractivity contribution in [2.75, 3.05) is 0 Å². The number of carboxylic acid groups (broad SMARTS) is 1. The van der Waals surface area contributed by atoms with Crippen LogP contribution in [0.3, 0.4) is 0 Å². The number of imidazole rings is 1. The number of rotatable bonds is 4. The van der Waals surface area contributed by atoms with Crippen LogP contribution < -0.4 is 0 Å². The van der Waals surface area contributed by atoms with Gasteiger partial charge in [0.25, 0.3) is 0 Å². The van der Waals surface area contributed by atoms with Crippen molar-refractivity contribution in [3.63, 3.8) is 0 Å². The Hall–Kier alpha value is -1.03. The monoisotopic (exact) mass is 230 g/mol. The summed E-state index contributed by atoms with van der Waals surface area (Å²) in [6.07, 6.45) is 0.497. The van der Waals surface area contributed by atoms with Gasteiger partial charge in [0, 0.05) is 13.5 Å². The van der Waals surface area contributed by atoms with E-state index in [1.54, 1.807) is 0 Å². The predicted molar refractivity (Wildman–Crippen MR) is 58.3 cm³/mol. The Labute approximate surface area is 93.9 Å². The van der Waals surface area contributed by atoms with Crippen molar-refractivity contribution in [2.45, 2.75) is 32.6 Å². The summed E-state index contributed by atoms with van der Waals surface area (Å²) in [6.45, 7) is 4.06. The Morgan fingerprint density at radius 3 is 2.60 bits per heavy atom. The molecule has 0 fully saturated rings. The van der Waals surface area contributed by atoms with Crippen molar-refractivity contribution >= 4 is 17.6 Å². The van der Waals surface area contributed by atoms with Gasteiger partial charge < -0.3 is 9.67 Å². The van der Waals surface area contributed by atoms with E-state index in [0.29, 0.717) is 11.6 Å². The van der Waals surface area contributed by atoms with Crippen LogP contribution in [-0.4, -0.2) is 20.6 Å². The molecule has 84 valence electrons. The molecule has 0 aliphatic heterocycles. The molecule has 0 aromatic carbocycles. The normalized spacial score (nSPS) is 11.0. The quantitative estimate of drug-likeness (QED) is 0.863. The third kappa shape index (κ3) is 2.72. The standard InChI is InChI=1S/C10H15ClN2O2/c1-6(2)9-10(11)12-7(13(9)3)4-5-8(14)15/h6H,4-5H2,1-3H3,(H,14,15). The average molecular weight is 231 g/mol. The SMILES string of the molecule is CC(C)c1c(Cl)nc(CCC(=O)O)n1C. The zero-order chi connectivity index (χ0) is 11.6. The van der Waals surface area contributed by atoms with Crippen LogP contribution in [0.15, 0.2) is 0 Å². The van der Waals surface area contributed by atoms with E-state index in [2.05, 4.69) is 4.98 Å². The molecule has 0 saturated heterocycles. The van der Waals surface area contributed by atoms with Crippen molar-refractivity contribution < 1.29 is 9.90 Å². The molecule has 1 aromatic heterocycles. The summed E-state index contributed by atoms with van der Waals surface area (Å²) in [6, 6.07) is 0. The lowest BCUT2D eigenvalue weighted by Crippen LogP contribution is -2.06. The van der Waals surface area contributed by atoms with Crippen molar-refractivity contribution in [2.24, 2.45) is 7.05 Å². The van der Waals surface area contributed by atoms with Gasteiger partial charge in [-0.15, -0.1) is 0 Å². The van der Waals surface area contributed by atoms with Crippen LogP contribution in [0.2, 0.25) is 5.15 Å². The molecule has 0 atom stereocenters. The molecule has 0 amide bonds. The average Bonchev–Trinajstić information content (AvgIpc) is 2.37. The van der Waals surface area contributed by atoms with Crippen molar-refractivity contribution in [1.29, 1.82) is 0 Å². The van der Waals surface area contributed by atoms with Crippen molar-refractivity contribution in [1.82, 2.24) is 9.55 Å². The minimum Gasteiger partial charge on any atom is -0.481 e. The molecule has 5 heteroatoms. The molecule has 0 aliphatic rings. The molecule has 0 spiro atoms. The van der Waals surface area contributed by atoms with Gasteiger partial charge in [-0.1, -0.05) is 25.4 Å². The van der Waals surface area contributed by atoms with E-state index >= 15 is 0 Å². The topological polar surface area (TPSA) is 55.1 Å². The number of nitrogens with zero attached hydrogens (tertiary/aromatic N) is 2. The van der Waals surface area contributed by atoms with Crippen LogP contribution in [0, 0.1) is 0 Å². The molecule has 1 N–H and O–H groups in total. The highest BCUT2D eigenvalue weighted by Gasteiger charge is 2.16. The minimum atomic E-state index is -0.819. The summed E-state index contributed by atoms with van der Waals surface area (Å²) in [7, 11) is 1.87. The first-order valence-corrected chi connectivity index (χ1v) is 5.24. The van der Waals surface area contributed by atoms with E-state index in [-0.39, 0.29) is 12.3 Å². The van der Waals surface area contributed by atoms with Gasteiger partial charge >= 0.3 is 5.97 Å². The second-order valence-corrected chi connectivity index (χ2v) is 4.17. The van der Waals surface area contributed by atoms with Gasteiger partial charge in [-0.3, -0.25) is 4.79 Å². The summed E-state index contributed by atoms with van der Waals surface area (Å²) in [5.74, 6) is 0.194. The highest BCUT2D eigenvalue weighted by atomic mass is 35.5. The second-order valence-electron chi connectivity index (χ2n) is 3.81. The number of carboxylic acids is 1. The van der Waals surface area contributed by atoms with Crippen LogP contribution in [0.1, 0.15) is 37.7 Å². The van der Waals surface area contributed by atoms with Crippen LogP contribution in [0.5, 0.6) is 0 Å². The van der Waals surface area contributed by atoms with E-state index in [0.717, 1.165) is 11.5 Å². The molecule has 0 unspecified atom stereocenters. The molecule has 1 rings (SSSR count). The number of aromatic nitrogens is 2. The van der Waals surface area contributed by atoms with Gasteiger partial charge in [0.2, 0.25) is 0 Å². The van der Waals surface area contributed by atoms with Gasteiger partial charge in [-0.25, -0.2) is 4.98 Å². The zero-order valence-electron chi connectivity index (χ0n) is 9.12. The van der Waals surface area contributed by atoms with E-state index in [4.69, 9.17) is 16.7 Å². The fourth-order valence-electron chi connectivity index (χ4n) is 1.59. The van der Waals surface area contributed by atoms with Gasteiger partial charge in [0.05, 0.1) is 12.1 Å². The Kier molecular flexibility index (Phi) is 3.74. The van der Waals surface area contributed by atoms with Gasteiger partial charge in [0.15, 0.2) is 5.15 Å². The van der Waals surface area contributed by atoms with Crippen molar-refractivity contribution in [3.05, 3.63) is 16.7 Å². The summed E-state index contributed by atoms with van der Waals surface area (Å²) in [4.78, 5) is 14.6. The van der Waals surface area contributed by atoms with Crippen LogP contribution in [-0.2, 0) is 18.3 Å². The molecule has 1 aromatic rings. The lowest BCUT2D eigenvalue weighted by molar-refractivity contribution is -0.137. The van der Waals surface area contributed by atoms with Gasteiger partial charge in [-0.2, -0.15) is 0 Å². The maximum Gasteiger partial charge on any atom is 0.303 e. The largest absolute Gasteiger partial charge is 0.481 e.